The number of nitrogens with zero attached hydrogens (tertiary/aromatic N) is 2. The van der Waals surface area contributed by atoms with Crippen LogP contribution < -0.4 is 14.3 Å². The van der Waals surface area contributed by atoms with Crippen LogP contribution in [0.25, 0.3) is 10.2 Å². The maximum Gasteiger partial charge on any atom is 0.248 e. The molecule has 0 saturated carbocycles. The van der Waals surface area contributed by atoms with Crippen molar-refractivity contribution in [1.29, 1.82) is 0 Å². The molecule has 0 bridgehead atoms. The SMILES string of the molecule is COc1cc2sc(=NC(=O)CCCSc3ccc(F)cc3)n(C)c2cc1OC. The molecule has 0 unspecified atom stereocenters. The van der Waals surface area contributed by atoms with Crippen molar-refractivity contribution in [3.05, 3.63) is 47.0 Å². The van der Waals surface area contributed by atoms with Gasteiger partial charge < -0.3 is 14.0 Å². The van der Waals surface area contributed by atoms with Crippen LogP contribution in [0.1, 0.15) is 12.8 Å². The van der Waals surface area contributed by atoms with Crippen LogP contribution in [0.2, 0.25) is 0 Å². The molecule has 8 heteroatoms. The number of thiazole rings is 1. The van der Waals surface area contributed by atoms with Crippen LogP contribution in [-0.4, -0.2) is 30.4 Å². The number of aryl methyl sites for hydroxylation is 1. The summed E-state index contributed by atoms with van der Waals surface area (Å²) in [6.07, 6.45) is 1.08. The van der Waals surface area contributed by atoms with Gasteiger partial charge in [-0.2, -0.15) is 4.99 Å². The first-order valence-corrected chi connectivity index (χ1v) is 10.5. The summed E-state index contributed by atoms with van der Waals surface area (Å²) < 4.78 is 26.4. The van der Waals surface area contributed by atoms with Crippen LogP contribution in [0.3, 0.4) is 0 Å². The highest BCUT2D eigenvalue weighted by Crippen LogP contribution is 2.33. The normalized spacial score (nSPS) is 11.8. The van der Waals surface area contributed by atoms with E-state index in [4.69, 9.17) is 9.47 Å². The van der Waals surface area contributed by atoms with Crippen molar-refractivity contribution in [2.24, 2.45) is 12.0 Å². The lowest BCUT2D eigenvalue weighted by Crippen LogP contribution is -2.13. The molecule has 0 aliphatic heterocycles. The number of rotatable bonds is 7. The maximum atomic E-state index is 12.9. The molecule has 0 N–H and O–H groups in total. The highest BCUT2D eigenvalue weighted by Gasteiger charge is 2.11. The number of fused-ring (bicyclic) bond motifs is 1. The first-order chi connectivity index (χ1) is 13.5. The van der Waals surface area contributed by atoms with Crippen LogP contribution in [0.4, 0.5) is 4.39 Å². The topological polar surface area (TPSA) is 52.8 Å². The zero-order valence-electron chi connectivity index (χ0n) is 15.9. The minimum atomic E-state index is -0.246. The second-order valence-electron chi connectivity index (χ2n) is 6.03. The summed E-state index contributed by atoms with van der Waals surface area (Å²) in [5.41, 5.74) is 0.932. The van der Waals surface area contributed by atoms with Gasteiger partial charge in [0, 0.05) is 30.5 Å². The molecule has 3 rings (SSSR count). The molecule has 0 aliphatic carbocycles. The molecule has 0 fully saturated rings. The van der Waals surface area contributed by atoms with Crippen molar-refractivity contribution >= 4 is 39.2 Å². The monoisotopic (exact) mass is 420 g/mol. The second-order valence-corrected chi connectivity index (χ2v) is 8.21. The number of carbonyl (C=O) groups is 1. The van der Waals surface area contributed by atoms with Crippen molar-refractivity contribution in [3.63, 3.8) is 0 Å². The van der Waals surface area contributed by atoms with Crippen LogP contribution >= 0.6 is 23.1 Å². The van der Waals surface area contributed by atoms with E-state index in [1.54, 1.807) is 38.1 Å². The highest BCUT2D eigenvalue weighted by molar-refractivity contribution is 7.99. The minimum absolute atomic E-state index is 0.152. The Hall–Kier alpha value is -2.32. The Balaban J connectivity index is 1.66. The summed E-state index contributed by atoms with van der Waals surface area (Å²) >= 11 is 3.04. The minimum Gasteiger partial charge on any atom is -0.493 e. The van der Waals surface area contributed by atoms with Gasteiger partial charge in [0.25, 0.3) is 0 Å². The molecule has 0 radical (unpaired) electrons. The lowest BCUT2D eigenvalue weighted by atomic mass is 10.3. The Labute approximate surface area is 170 Å². The van der Waals surface area contributed by atoms with Gasteiger partial charge in [-0.3, -0.25) is 4.79 Å². The van der Waals surface area contributed by atoms with Gasteiger partial charge in [-0.15, -0.1) is 11.8 Å². The predicted molar refractivity (Wildman–Crippen MR) is 111 cm³/mol. The molecule has 0 spiro atoms. The average molecular weight is 421 g/mol. The number of amides is 1. The summed E-state index contributed by atoms with van der Waals surface area (Å²) in [6.45, 7) is 0. The number of carbonyl (C=O) groups excluding carboxylic acids is 1. The summed E-state index contributed by atoms with van der Waals surface area (Å²) in [7, 11) is 5.06. The smallest absolute Gasteiger partial charge is 0.248 e. The molecule has 1 amide bonds. The highest BCUT2D eigenvalue weighted by atomic mass is 32.2. The summed E-state index contributed by atoms with van der Waals surface area (Å²) in [5, 5.41) is 0. The summed E-state index contributed by atoms with van der Waals surface area (Å²) in [4.78, 5) is 18.2. The van der Waals surface area contributed by atoms with Gasteiger partial charge in [0.1, 0.15) is 5.82 Å². The van der Waals surface area contributed by atoms with E-state index >= 15 is 0 Å². The average Bonchev–Trinajstić information content (AvgIpc) is 3.00. The number of methoxy groups -OCH3 is 2. The molecule has 0 atom stereocenters. The van der Waals surface area contributed by atoms with Crippen molar-refractivity contribution in [3.8, 4) is 11.5 Å². The third-order valence-corrected chi connectivity index (χ3v) is 6.35. The molecule has 0 aliphatic rings. The molecule has 148 valence electrons. The molecule has 1 heterocycles. The first kappa shape index (κ1) is 20.4. The van der Waals surface area contributed by atoms with E-state index in [0.29, 0.717) is 29.1 Å². The van der Waals surface area contributed by atoms with Gasteiger partial charge in [-0.05, 0) is 36.4 Å². The van der Waals surface area contributed by atoms with E-state index in [9.17, 15) is 9.18 Å². The summed E-state index contributed by atoms with van der Waals surface area (Å²) in [6, 6.07) is 10.1. The van der Waals surface area contributed by atoms with Gasteiger partial charge in [0.15, 0.2) is 16.3 Å². The second kappa shape index (κ2) is 9.25. The van der Waals surface area contributed by atoms with Crippen molar-refractivity contribution in [1.82, 2.24) is 4.57 Å². The maximum absolute atomic E-state index is 12.9. The Morgan fingerprint density at radius 2 is 1.86 bits per heavy atom. The van der Waals surface area contributed by atoms with Gasteiger partial charge in [-0.1, -0.05) is 11.3 Å². The standard InChI is InChI=1S/C20H21FN2O3S2/c1-23-15-11-16(25-2)17(26-3)12-18(15)28-20(23)22-19(24)5-4-10-27-14-8-6-13(21)7-9-14/h6-9,11-12H,4-5,10H2,1-3H3. The van der Waals surface area contributed by atoms with Gasteiger partial charge >= 0.3 is 0 Å². The van der Waals surface area contributed by atoms with Gasteiger partial charge in [0.05, 0.1) is 24.4 Å². The Bertz CT molecular complexity index is 1040. The predicted octanol–water partition coefficient (Wildman–Crippen LogP) is 4.40. The molecular formula is C20H21FN2O3S2. The Morgan fingerprint density at radius 3 is 2.54 bits per heavy atom. The molecule has 0 saturated heterocycles. The number of halogens is 1. The Kier molecular flexibility index (Phi) is 6.74. The van der Waals surface area contributed by atoms with Crippen molar-refractivity contribution in [2.75, 3.05) is 20.0 Å². The lowest BCUT2D eigenvalue weighted by molar-refractivity contribution is -0.118. The quantitative estimate of drug-likeness (QED) is 0.420. The summed E-state index contributed by atoms with van der Waals surface area (Å²) in [5.74, 6) is 1.66. The zero-order chi connectivity index (χ0) is 20.1. The number of hydrogen-bond acceptors (Lipinski definition) is 5. The van der Waals surface area contributed by atoms with Gasteiger partial charge in [-0.25, -0.2) is 4.39 Å². The number of thioether (sulfide) groups is 1. The third-order valence-electron chi connectivity index (χ3n) is 4.15. The van der Waals surface area contributed by atoms with E-state index in [0.717, 1.165) is 20.9 Å². The number of ether oxygens (including phenoxy) is 2. The largest absolute Gasteiger partial charge is 0.493 e. The fraction of sp³-hybridized carbons (Fsp3) is 0.300. The van der Waals surface area contributed by atoms with Crippen LogP contribution in [0, 0.1) is 5.82 Å². The van der Waals surface area contributed by atoms with Gasteiger partial charge in [0.2, 0.25) is 5.91 Å². The van der Waals surface area contributed by atoms with E-state index in [1.165, 1.54) is 23.5 Å². The van der Waals surface area contributed by atoms with E-state index in [-0.39, 0.29) is 11.7 Å². The van der Waals surface area contributed by atoms with E-state index in [1.807, 2.05) is 23.7 Å². The fourth-order valence-electron chi connectivity index (χ4n) is 2.67. The molecule has 5 nitrogen and oxygen atoms in total. The van der Waals surface area contributed by atoms with Crippen LogP contribution in [0.5, 0.6) is 11.5 Å². The number of hydrogen-bond donors (Lipinski definition) is 0. The van der Waals surface area contributed by atoms with Crippen LogP contribution in [-0.2, 0) is 11.8 Å². The molecule has 1 aromatic heterocycles. The molecular weight excluding hydrogens is 399 g/mol. The van der Waals surface area contributed by atoms with Crippen molar-refractivity contribution in [2.45, 2.75) is 17.7 Å². The molecule has 3 aromatic rings. The van der Waals surface area contributed by atoms with Crippen molar-refractivity contribution < 1.29 is 18.7 Å². The molecule has 28 heavy (non-hydrogen) atoms. The third kappa shape index (κ3) is 4.74. The Morgan fingerprint density at radius 1 is 1.18 bits per heavy atom. The van der Waals surface area contributed by atoms with Crippen LogP contribution in [0.15, 0.2) is 46.3 Å². The number of aromatic nitrogens is 1. The first-order valence-electron chi connectivity index (χ1n) is 8.69. The fourth-order valence-corrected chi connectivity index (χ4v) is 4.57. The molecule has 2 aromatic carbocycles. The zero-order valence-corrected chi connectivity index (χ0v) is 17.5. The van der Waals surface area contributed by atoms with E-state index in [2.05, 4.69) is 4.99 Å². The lowest BCUT2D eigenvalue weighted by Gasteiger charge is -2.07. The number of benzene rings is 2. The van der Waals surface area contributed by atoms with E-state index < -0.39 is 0 Å².